The van der Waals surface area contributed by atoms with Crippen LogP contribution in [0.5, 0.6) is 5.75 Å². The van der Waals surface area contributed by atoms with E-state index in [2.05, 4.69) is 5.32 Å². The van der Waals surface area contributed by atoms with Gasteiger partial charge in [-0.25, -0.2) is 4.39 Å². The minimum Gasteiger partial charge on any atom is -0.508 e. The first-order chi connectivity index (χ1) is 10.2. The fourth-order valence-corrected chi connectivity index (χ4v) is 3.08. The molecule has 21 heavy (non-hydrogen) atoms. The lowest BCUT2D eigenvalue weighted by atomic mass is 9.87. The summed E-state index contributed by atoms with van der Waals surface area (Å²) in [7, 11) is 0. The van der Waals surface area contributed by atoms with Gasteiger partial charge in [0.15, 0.2) is 0 Å². The fraction of sp³-hybridized carbons (Fsp3) is 0.333. The van der Waals surface area contributed by atoms with Crippen LogP contribution in [0.3, 0.4) is 0 Å². The molecule has 0 amide bonds. The third kappa shape index (κ3) is 3.42. The van der Waals surface area contributed by atoms with E-state index < -0.39 is 0 Å². The van der Waals surface area contributed by atoms with Crippen LogP contribution in [0, 0.1) is 5.82 Å². The summed E-state index contributed by atoms with van der Waals surface area (Å²) in [6.07, 6.45) is 4.13. The summed E-state index contributed by atoms with van der Waals surface area (Å²) in [4.78, 5) is 0. The molecule has 0 aliphatic heterocycles. The Hall–Kier alpha value is -1.87. The lowest BCUT2D eigenvalue weighted by molar-refractivity contribution is 0.448. The maximum absolute atomic E-state index is 13.1. The quantitative estimate of drug-likeness (QED) is 0.897. The monoisotopic (exact) mass is 285 g/mol. The zero-order valence-corrected chi connectivity index (χ0v) is 12.0. The number of benzene rings is 2. The first-order valence-corrected chi connectivity index (χ1v) is 7.52. The molecule has 2 nitrogen and oxygen atoms in total. The van der Waals surface area contributed by atoms with Gasteiger partial charge in [0, 0.05) is 6.04 Å². The second-order valence-electron chi connectivity index (χ2n) is 5.66. The van der Waals surface area contributed by atoms with Gasteiger partial charge in [0.2, 0.25) is 0 Å². The van der Waals surface area contributed by atoms with E-state index in [0.717, 1.165) is 37.8 Å². The molecule has 1 atom stereocenters. The number of fused-ring (bicyclic) bond motifs is 1. The molecular weight excluding hydrogens is 265 g/mol. The topological polar surface area (TPSA) is 32.3 Å². The highest BCUT2D eigenvalue weighted by molar-refractivity contribution is 5.38. The number of hydrogen-bond acceptors (Lipinski definition) is 2. The molecule has 2 N–H and O–H groups in total. The normalized spacial score (nSPS) is 17.5. The third-order valence-corrected chi connectivity index (χ3v) is 4.14. The highest BCUT2D eigenvalue weighted by Gasteiger charge is 2.19. The molecule has 0 radical (unpaired) electrons. The molecule has 110 valence electrons. The number of nitrogens with one attached hydrogen (secondary N) is 1. The van der Waals surface area contributed by atoms with E-state index in [0.29, 0.717) is 5.75 Å². The van der Waals surface area contributed by atoms with Gasteiger partial charge in [-0.15, -0.1) is 0 Å². The van der Waals surface area contributed by atoms with Crippen molar-refractivity contribution in [1.29, 1.82) is 0 Å². The largest absolute Gasteiger partial charge is 0.508 e. The zero-order valence-electron chi connectivity index (χ0n) is 12.0. The van der Waals surface area contributed by atoms with Gasteiger partial charge in [-0.3, -0.25) is 0 Å². The van der Waals surface area contributed by atoms with Crippen LogP contribution in [0.4, 0.5) is 4.39 Å². The van der Waals surface area contributed by atoms with Crippen LogP contribution in [0.1, 0.15) is 35.6 Å². The van der Waals surface area contributed by atoms with Crippen LogP contribution in [-0.2, 0) is 12.8 Å². The molecule has 0 fully saturated rings. The summed E-state index contributed by atoms with van der Waals surface area (Å²) < 4.78 is 13.1. The molecule has 3 heteroatoms. The summed E-state index contributed by atoms with van der Waals surface area (Å²) in [6.45, 7) is 0.809. The van der Waals surface area contributed by atoms with E-state index in [1.54, 1.807) is 18.2 Å². The van der Waals surface area contributed by atoms with Gasteiger partial charge in [-0.1, -0.05) is 18.2 Å². The minimum atomic E-state index is -0.180. The lowest BCUT2D eigenvalue weighted by Crippen LogP contribution is -2.27. The molecule has 0 aromatic heterocycles. The molecule has 0 spiro atoms. The molecule has 1 unspecified atom stereocenters. The lowest BCUT2D eigenvalue weighted by Gasteiger charge is -2.26. The Bertz CT molecular complexity index is 626. The van der Waals surface area contributed by atoms with Crippen molar-refractivity contribution in [2.24, 2.45) is 0 Å². The molecule has 2 aromatic carbocycles. The third-order valence-electron chi connectivity index (χ3n) is 4.14. The smallest absolute Gasteiger partial charge is 0.123 e. The van der Waals surface area contributed by atoms with Crippen molar-refractivity contribution in [1.82, 2.24) is 5.32 Å². The van der Waals surface area contributed by atoms with Gasteiger partial charge >= 0.3 is 0 Å². The standard InChI is InChI=1S/C18H20FNO/c19-15-5-1-3-13(11-15)9-10-20-18-6-2-4-14-7-8-16(21)12-17(14)18/h1,3,5,7-8,11-12,18,20-21H,2,4,6,9-10H2. The molecule has 1 aliphatic carbocycles. The van der Waals surface area contributed by atoms with Crippen molar-refractivity contribution >= 4 is 0 Å². The first-order valence-electron chi connectivity index (χ1n) is 7.52. The first kappa shape index (κ1) is 14.1. The van der Waals surface area contributed by atoms with Crippen LogP contribution < -0.4 is 5.32 Å². The molecule has 0 heterocycles. The van der Waals surface area contributed by atoms with Crippen molar-refractivity contribution in [2.45, 2.75) is 31.7 Å². The fourth-order valence-electron chi connectivity index (χ4n) is 3.08. The van der Waals surface area contributed by atoms with E-state index in [9.17, 15) is 9.50 Å². The average Bonchev–Trinajstić information content (AvgIpc) is 2.48. The predicted octanol–water partition coefficient (Wildman–Crippen LogP) is 3.74. The van der Waals surface area contributed by atoms with Gasteiger partial charge in [0.25, 0.3) is 0 Å². The van der Waals surface area contributed by atoms with Crippen molar-refractivity contribution < 1.29 is 9.50 Å². The average molecular weight is 285 g/mol. The number of rotatable bonds is 4. The summed E-state index contributed by atoms with van der Waals surface area (Å²) in [5.74, 6) is 0.146. The number of phenols is 1. The predicted molar refractivity (Wildman–Crippen MR) is 81.9 cm³/mol. The zero-order chi connectivity index (χ0) is 14.7. The maximum atomic E-state index is 13.1. The molecular formula is C18H20FNO. The van der Waals surface area contributed by atoms with Gasteiger partial charge in [0.1, 0.15) is 11.6 Å². The van der Waals surface area contributed by atoms with Crippen molar-refractivity contribution in [3.8, 4) is 5.75 Å². The molecule has 0 saturated carbocycles. The molecule has 3 rings (SSSR count). The number of aromatic hydroxyl groups is 1. The Balaban J connectivity index is 1.63. The Morgan fingerprint density at radius 3 is 2.95 bits per heavy atom. The summed E-state index contributed by atoms with van der Waals surface area (Å²) in [6, 6.07) is 12.7. The Morgan fingerprint density at radius 2 is 2.10 bits per heavy atom. The van der Waals surface area contributed by atoms with E-state index in [1.807, 2.05) is 18.2 Å². The highest BCUT2D eigenvalue weighted by atomic mass is 19.1. The Labute approximate surface area is 124 Å². The number of aryl methyl sites for hydroxylation is 1. The van der Waals surface area contributed by atoms with Crippen LogP contribution in [-0.4, -0.2) is 11.7 Å². The van der Waals surface area contributed by atoms with Crippen LogP contribution in [0.25, 0.3) is 0 Å². The minimum absolute atomic E-state index is 0.180. The number of hydrogen-bond donors (Lipinski definition) is 2. The highest BCUT2D eigenvalue weighted by Crippen LogP contribution is 2.32. The van der Waals surface area contributed by atoms with Crippen molar-refractivity contribution in [3.63, 3.8) is 0 Å². The molecule has 1 aliphatic rings. The van der Waals surface area contributed by atoms with E-state index in [-0.39, 0.29) is 11.9 Å². The Kier molecular flexibility index (Phi) is 4.20. The SMILES string of the molecule is Oc1ccc2c(c1)C(NCCc1cccc(F)c1)CCC2. The van der Waals surface area contributed by atoms with Crippen molar-refractivity contribution in [3.05, 3.63) is 65.0 Å². The molecule has 2 aromatic rings. The maximum Gasteiger partial charge on any atom is 0.123 e. The second-order valence-corrected chi connectivity index (χ2v) is 5.66. The summed E-state index contributed by atoms with van der Waals surface area (Å²) in [5.41, 5.74) is 3.54. The van der Waals surface area contributed by atoms with E-state index in [1.165, 1.54) is 17.2 Å². The summed E-state index contributed by atoms with van der Waals surface area (Å²) in [5, 5.41) is 13.2. The number of halogens is 1. The summed E-state index contributed by atoms with van der Waals surface area (Å²) >= 11 is 0. The molecule has 0 saturated heterocycles. The van der Waals surface area contributed by atoms with Crippen LogP contribution >= 0.6 is 0 Å². The van der Waals surface area contributed by atoms with Crippen LogP contribution in [0.15, 0.2) is 42.5 Å². The second kappa shape index (κ2) is 6.27. The van der Waals surface area contributed by atoms with Crippen molar-refractivity contribution in [2.75, 3.05) is 6.54 Å². The van der Waals surface area contributed by atoms with Gasteiger partial charge < -0.3 is 10.4 Å². The van der Waals surface area contributed by atoms with Gasteiger partial charge in [0.05, 0.1) is 0 Å². The Morgan fingerprint density at radius 1 is 1.19 bits per heavy atom. The molecule has 0 bridgehead atoms. The number of phenolic OH excluding ortho intramolecular Hbond substituents is 1. The van der Waals surface area contributed by atoms with Gasteiger partial charge in [-0.05, 0) is 73.2 Å². The van der Waals surface area contributed by atoms with E-state index >= 15 is 0 Å². The van der Waals surface area contributed by atoms with Gasteiger partial charge in [-0.2, -0.15) is 0 Å². The van der Waals surface area contributed by atoms with Crippen LogP contribution in [0.2, 0.25) is 0 Å². The van der Waals surface area contributed by atoms with E-state index in [4.69, 9.17) is 0 Å².